The number of hydrogen-bond donors (Lipinski definition) is 0. The van der Waals surface area contributed by atoms with E-state index in [0.717, 1.165) is 55.9 Å². The number of rotatable bonds is 5. The van der Waals surface area contributed by atoms with Gasteiger partial charge in [-0.2, -0.15) is 0 Å². The Kier molecular flexibility index (Phi) is 5.44. The molecule has 0 spiro atoms. The summed E-state index contributed by atoms with van der Waals surface area (Å²) in [6.07, 6.45) is 4.65. The van der Waals surface area contributed by atoms with E-state index in [9.17, 15) is 0 Å². The van der Waals surface area contributed by atoms with Gasteiger partial charge in [0.15, 0.2) is 5.65 Å². The van der Waals surface area contributed by atoms with E-state index in [2.05, 4.69) is 44.8 Å². The number of alkyl halides is 1. The maximum absolute atomic E-state index is 6.09. The first-order valence-corrected chi connectivity index (χ1v) is 10.0. The van der Waals surface area contributed by atoms with Crippen LogP contribution in [0.5, 0.6) is 0 Å². The smallest absolute Gasteiger partial charge is 0.160 e. The van der Waals surface area contributed by atoms with Crippen LogP contribution < -0.4 is 0 Å². The number of aryl methyl sites for hydroxylation is 1. The highest BCUT2D eigenvalue weighted by molar-refractivity contribution is 6.31. The molecular weight excluding hydrogens is 367 g/mol. The Morgan fingerprint density at radius 1 is 1.12 bits per heavy atom. The van der Waals surface area contributed by atoms with Crippen LogP contribution in [0.25, 0.3) is 11.2 Å². The Labute approximate surface area is 163 Å². The van der Waals surface area contributed by atoms with E-state index in [1.165, 1.54) is 5.56 Å². The zero-order chi connectivity index (χ0) is 17.9. The second-order valence-corrected chi connectivity index (χ2v) is 7.64. The van der Waals surface area contributed by atoms with Gasteiger partial charge in [0.25, 0.3) is 0 Å². The molecule has 1 aliphatic rings. The van der Waals surface area contributed by atoms with Gasteiger partial charge in [-0.15, -0.1) is 11.6 Å². The second-order valence-electron chi connectivity index (χ2n) is 6.83. The molecule has 0 saturated carbocycles. The van der Waals surface area contributed by atoms with Crippen molar-refractivity contribution in [3.8, 4) is 0 Å². The molecule has 0 aliphatic carbocycles. The molecule has 4 nitrogen and oxygen atoms in total. The molecule has 0 N–H and O–H groups in total. The van der Waals surface area contributed by atoms with Crippen molar-refractivity contribution in [1.82, 2.24) is 19.4 Å². The van der Waals surface area contributed by atoms with E-state index in [1.54, 1.807) is 6.20 Å². The van der Waals surface area contributed by atoms with Gasteiger partial charge in [0.2, 0.25) is 0 Å². The predicted molar refractivity (Wildman–Crippen MR) is 107 cm³/mol. The molecule has 1 saturated heterocycles. The lowest BCUT2D eigenvalue weighted by Gasteiger charge is -2.33. The molecule has 1 aliphatic heterocycles. The highest BCUT2D eigenvalue weighted by atomic mass is 35.5. The maximum atomic E-state index is 6.09. The summed E-state index contributed by atoms with van der Waals surface area (Å²) in [5.74, 6) is 1.58. The molecule has 0 amide bonds. The number of likely N-dealkylation sites (tertiary alicyclic amines) is 1. The van der Waals surface area contributed by atoms with Gasteiger partial charge in [-0.05, 0) is 24.5 Å². The van der Waals surface area contributed by atoms with Crippen LogP contribution in [0.1, 0.15) is 30.3 Å². The van der Waals surface area contributed by atoms with Crippen molar-refractivity contribution in [3.63, 3.8) is 0 Å². The number of hydrogen-bond acceptors (Lipinski definition) is 3. The first-order valence-electron chi connectivity index (χ1n) is 9.09. The first kappa shape index (κ1) is 17.8. The maximum Gasteiger partial charge on any atom is 0.160 e. The number of pyridine rings is 1. The van der Waals surface area contributed by atoms with Gasteiger partial charge >= 0.3 is 0 Å². The lowest BCUT2D eigenvalue weighted by Crippen LogP contribution is -2.34. The summed E-state index contributed by atoms with van der Waals surface area (Å²) >= 11 is 12.1. The van der Waals surface area contributed by atoms with Gasteiger partial charge < -0.3 is 4.57 Å². The van der Waals surface area contributed by atoms with E-state index < -0.39 is 0 Å². The van der Waals surface area contributed by atoms with Crippen LogP contribution in [0.15, 0.2) is 42.6 Å². The van der Waals surface area contributed by atoms with E-state index in [4.69, 9.17) is 28.2 Å². The van der Waals surface area contributed by atoms with Crippen LogP contribution in [0.3, 0.4) is 0 Å². The molecule has 3 heterocycles. The number of imidazole rings is 1. The van der Waals surface area contributed by atoms with E-state index in [-0.39, 0.29) is 0 Å². The van der Waals surface area contributed by atoms with Crippen LogP contribution in [0.4, 0.5) is 0 Å². The minimum Gasteiger partial charge on any atom is -0.309 e. The minimum absolute atomic E-state index is 0.416. The number of halogens is 2. The average molecular weight is 389 g/mol. The Hall–Kier alpha value is -1.62. The summed E-state index contributed by atoms with van der Waals surface area (Å²) in [5.41, 5.74) is 3.17. The van der Waals surface area contributed by atoms with Gasteiger partial charge in [-0.3, -0.25) is 4.90 Å². The zero-order valence-corrected chi connectivity index (χ0v) is 16.1. The van der Waals surface area contributed by atoms with Crippen LogP contribution >= 0.6 is 23.2 Å². The Bertz CT molecular complexity index is 870. The molecule has 0 bridgehead atoms. The standard InChI is InChI=1S/C20H22Cl2N4/c21-9-6-19-24-18-12-16(22)13-23-20(18)26(19)17-7-10-25(11-8-17)14-15-4-2-1-3-5-15/h1-5,12-13,17H,6-11,14H2. The van der Waals surface area contributed by atoms with Crippen molar-refractivity contribution in [2.75, 3.05) is 19.0 Å². The largest absolute Gasteiger partial charge is 0.309 e. The Morgan fingerprint density at radius 2 is 1.88 bits per heavy atom. The summed E-state index contributed by atoms with van der Waals surface area (Å²) in [7, 11) is 0. The molecule has 0 unspecified atom stereocenters. The predicted octanol–water partition coefficient (Wildman–Crippen LogP) is 4.70. The van der Waals surface area contributed by atoms with Crippen molar-refractivity contribution in [2.45, 2.75) is 31.8 Å². The Balaban J connectivity index is 1.52. The quantitative estimate of drug-likeness (QED) is 0.593. The van der Waals surface area contributed by atoms with Crippen LogP contribution in [0, 0.1) is 0 Å². The van der Waals surface area contributed by atoms with Crippen LogP contribution in [-0.2, 0) is 13.0 Å². The number of benzene rings is 1. The minimum atomic E-state index is 0.416. The highest BCUT2D eigenvalue weighted by Gasteiger charge is 2.25. The molecule has 0 radical (unpaired) electrons. The molecule has 0 atom stereocenters. The van der Waals surface area contributed by atoms with Crippen molar-refractivity contribution >= 4 is 34.4 Å². The number of aromatic nitrogens is 3. The lowest BCUT2D eigenvalue weighted by atomic mass is 10.0. The normalized spacial score (nSPS) is 16.4. The zero-order valence-electron chi connectivity index (χ0n) is 14.6. The molecule has 2 aromatic heterocycles. The third-order valence-electron chi connectivity index (χ3n) is 5.06. The summed E-state index contributed by atoms with van der Waals surface area (Å²) in [6, 6.07) is 13.0. The number of nitrogens with zero attached hydrogens (tertiary/aromatic N) is 4. The van der Waals surface area contributed by atoms with Crippen molar-refractivity contribution in [2.24, 2.45) is 0 Å². The molecule has 26 heavy (non-hydrogen) atoms. The third kappa shape index (κ3) is 3.73. The molecule has 136 valence electrons. The summed E-state index contributed by atoms with van der Waals surface area (Å²) in [4.78, 5) is 11.8. The molecule has 3 aromatic rings. The van der Waals surface area contributed by atoms with Crippen LogP contribution in [0.2, 0.25) is 5.02 Å². The fourth-order valence-corrected chi connectivity index (χ4v) is 4.15. The van der Waals surface area contributed by atoms with Crippen molar-refractivity contribution < 1.29 is 0 Å². The summed E-state index contributed by atoms with van der Waals surface area (Å²) in [5, 5.41) is 0.622. The number of fused-ring (bicyclic) bond motifs is 1. The van der Waals surface area contributed by atoms with Gasteiger partial charge in [0.1, 0.15) is 11.3 Å². The van der Waals surface area contributed by atoms with Gasteiger partial charge in [-0.1, -0.05) is 41.9 Å². The van der Waals surface area contributed by atoms with E-state index in [1.807, 2.05) is 6.07 Å². The first-order chi connectivity index (χ1) is 12.7. The number of piperidine rings is 1. The molecule has 4 rings (SSSR count). The topological polar surface area (TPSA) is 34.0 Å². The SMILES string of the molecule is ClCCc1nc2cc(Cl)cnc2n1C1CCN(Cc2ccccc2)CC1. The molecule has 6 heteroatoms. The Morgan fingerprint density at radius 3 is 2.62 bits per heavy atom. The van der Waals surface area contributed by atoms with E-state index >= 15 is 0 Å². The lowest BCUT2D eigenvalue weighted by molar-refractivity contribution is 0.179. The summed E-state index contributed by atoms with van der Waals surface area (Å²) < 4.78 is 2.30. The molecule has 1 aromatic carbocycles. The van der Waals surface area contributed by atoms with Crippen molar-refractivity contribution in [3.05, 3.63) is 59.0 Å². The van der Waals surface area contributed by atoms with Crippen molar-refractivity contribution in [1.29, 1.82) is 0 Å². The fraction of sp³-hybridized carbons (Fsp3) is 0.400. The van der Waals surface area contributed by atoms with E-state index in [0.29, 0.717) is 16.9 Å². The molecular formula is C20H22Cl2N4. The molecule has 1 fully saturated rings. The highest BCUT2D eigenvalue weighted by Crippen LogP contribution is 2.29. The van der Waals surface area contributed by atoms with Gasteiger partial charge in [0, 0.05) is 44.2 Å². The summed E-state index contributed by atoms with van der Waals surface area (Å²) in [6.45, 7) is 3.17. The fourth-order valence-electron chi connectivity index (χ4n) is 3.83. The monoisotopic (exact) mass is 388 g/mol. The average Bonchev–Trinajstić information content (AvgIpc) is 3.00. The second kappa shape index (κ2) is 7.95. The van der Waals surface area contributed by atoms with Gasteiger partial charge in [0.05, 0.1) is 5.02 Å². The third-order valence-corrected chi connectivity index (χ3v) is 5.45. The van der Waals surface area contributed by atoms with Gasteiger partial charge in [-0.25, -0.2) is 9.97 Å². The van der Waals surface area contributed by atoms with Crippen LogP contribution in [-0.4, -0.2) is 38.4 Å².